The van der Waals surface area contributed by atoms with E-state index in [-0.39, 0.29) is 11.9 Å². The molecule has 3 rings (SSSR count). The first kappa shape index (κ1) is 17.7. The number of hydrogen-bond donors (Lipinski definition) is 1. The van der Waals surface area contributed by atoms with Crippen LogP contribution in [0.4, 0.5) is 14.5 Å². The molecule has 1 unspecified atom stereocenters. The van der Waals surface area contributed by atoms with Crippen LogP contribution in [0.2, 0.25) is 0 Å². The number of rotatable bonds is 7. The molecule has 1 atom stereocenters. The van der Waals surface area contributed by atoms with Crippen LogP contribution < -0.4 is 10.1 Å². The first-order chi connectivity index (χ1) is 12.0. The quantitative estimate of drug-likeness (QED) is 0.822. The van der Waals surface area contributed by atoms with Gasteiger partial charge in [-0.15, -0.1) is 0 Å². The molecule has 1 aromatic heterocycles. The lowest BCUT2D eigenvalue weighted by Crippen LogP contribution is -2.15. The van der Waals surface area contributed by atoms with Gasteiger partial charge in [-0.2, -0.15) is 13.9 Å². The molecule has 0 bridgehead atoms. The Morgan fingerprint density at radius 3 is 2.88 bits per heavy atom. The van der Waals surface area contributed by atoms with Crippen LogP contribution in [0.5, 0.6) is 5.75 Å². The average Bonchev–Trinajstić information content (AvgIpc) is 3.21. The lowest BCUT2D eigenvalue weighted by atomic mass is 10.0. The van der Waals surface area contributed by atoms with Crippen molar-refractivity contribution in [2.24, 2.45) is 0 Å². The molecule has 1 fully saturated rings. The number of benzene rings is 1. The fraction of sp³-hybridized carbons (Fsp3) is 0.500. The number of aromatic nitrogens is 2. The van der Waals surface area contributed by atoms with Crippen LogP contribution in [0.25, 0.3) is 0 Å². The third kappa shape index (κ3) is 4.69. The van der Waals surface area contributed by atoms with Gasteiger partial charge in [0.05, 0.1) is 24.5 Å². The molecule has 0 spiro atoms. The number of halogens is 2. The van der Waals surface area contributed by atoms with Crippen molar-refractivity contribution in [1.82, 2.24) is 9.78 Å². The zero-order valence-corrected chi connectivity index (χ0v) is 14.5. The summed E-state index contributed by atoms with van der Waals surface area (Å²) in [6.45, 7) is 2.91. The Kier molecular flexibility index (Phi) is 5.53. The van der Waals surface area contributed by atoms with Crippen molar-refractivity contribution >= 4 is 5.69 Å². The summed E-state index contributed by atoms with van der Waals surface area (Å²) in [5.41, 5.74) is 3.48. The summed E-state index contributed by atoms with van der Waals surface area (Å²) < 4.78 is 37.3. The number of nitrogens with zero attached hydrogens (tertiary/aromatic N) is 2. The summed E-state index contributed by atoms with van der Waals surface area (Å²) in [6, 6.07) is 3.52. The van der Waals surface area contributed by atoms with Crippen LogP contribution in [0.15, 0.2) is 24.5 Å². The van der Waals surface area contributed by atoms with Crippen LogP contribution in [-0.4, -0.2) is 29.1 Å². The molecule has 0 amide bonds. The molecule has 2 heterocycles. The summed E-state index contributed by atoms with van der Waals surface area (Å²) in [7, 11) is 0. The van der Waals surface area contributed by atoms with Gasteiger partial charge in [-0.1, -0.05) is 6.07 Å². The lowest BCUT2D eigenvalue weighted by molar-refractivity contribution is -0.0504. The topological polar surface area (TPSA) is 48.3 Å². The number of aryl methyl sites for hydroxylation is 2. The van der Waals surface area contributed by atoms with Gasteiger partial charge in [0.15, 0.2) is 0 Å². The van der Waals surface area contributed by atoms with Gasteiger partial charge in [0, 0.05) is 24.9 Å². The van der Waals surface area contributed by atoms with Gasteiger partial charge in [-0.25, -0.2) is 0 Å². The number of anilines is 1. The standard InChI is InChI=1S/C18H23F2N3O2/c1-12-6-14(17(7-13(12)2)25-18(19)20)8-21-15-9-22-23(10-15)11-16-4-3-5-24-16/h6-7,9-10,16,18,21H,3-5,8,11H2,1-2H3. The summed E-state index contributed by atoms with van der Waals surface area (Å²) in [6.07, 6.45) is 6.00. The second-order valence-corrected chi connectivity index (χ2v) is 6.36. The lowest BCUT2D eigenvalue weighted by Gasteiger charge is -2.14. The van der Waals surface area contributed by atoms with Gasteiger partial charge in [0.25, 0.3) is 0 Å². The first-order valence-electron chi connectivity index (χ1n) is 8.44. The minimum Gasteiger partial charge on any atom is -0.434 e. The van der Waals surface area contributed by atoms with E-state index in [0.29, 0.717) is 12.1 Å². The van der Waals surface area contributed by atoms with Crippen molar-refractivity contribution in [3.63, 3.8) is 0 Å². The van der Waals surface area contributed by atoms with Crippen molar-refractivity contribution in [2.75, 3.05) is 11.9 Å². The third-order valence-electron chi connectivity index (χ3n) is 4.42. The molecular weight excluding hydrogens is 328 g/mol. The molecule has 7 heteroatoms. The highest BCUT2D eigenvalue weighted by Gasteiger charge is 2.16. The van der Waals surface area contributed by atoms with E-state index < -0.39 is 6.61 Å². The number of hydrogen-bond acceptors (Lipinski definition) is 4. The Balaban J connectivity index is 1.64. The van der Waals surface area contributed by atoms with Crippen LogP contribution >= 0.6 is 0 Å². The van der Waals surface area contributed by atoms with E-state index >= 15 is 0 Å². The largest absolute Gasteiger partial charge is 0.434 e. The number of nitrogens with one attached hydrogen (secondary N) is 1. The molecule has 1 aromatic carbocycles. The molecule has 136 valence electrons. The maximum atomic E-state index is 12.6. The van der Waals surface area contributed by atoms with Gasteiger partial charge < -0.3 is 14.8 Å². The summed E-state index contributed by atoms with van der Waals surface area (Å²) in [5.74, 6) is 0.206. The van der Waals surface area contributed by atoms with Crippen LogP contribution in [0.1, 0.15) is 29.5 Å². The number of ether oxygens (including phenoxy) is 2. The fourth-order valence-electron chi connectivity index (χ4n) is 2.94. The predicted octanol–water partition coefficient (Wildman–Crippen LogP) is 3.89. The molecule has 5 nitrogen and oxygen atoms in total. The van der Waals surface area contributed by atoms with Crippen molar-refractivity contribution in [3.8, 4) is 5.75 Å². The Morgan fingerprint density at radius 2 is 2.16 bits per heavy atom. The van der Waals surface area contributed by atoms with Crippen LogP contribution in [0, 0.1) is 13.8 Å². The van der Waals surface area contributed by atoms with Crippen molar-refractivity contribution in [3.05, 3.63) is 41.2 Å². The molecule has 1 aliphatic rings. The van der Waals surface area contributed by atoms with Gasteiger partial charge in [0.2, 0.25) is 0 Å². The SMILES string of the molecule is Cc1cc(CNc2cnn(CC3CCCO3)c2)c(OC(F)F)cc1C. The Labute approximate surface area is 145 Å². The second kappa shape index (κ2) is 7.82. The van der Waals surface area contributed by atoms with Crippen molar-refractivity contribution < 1.29 is 18.3 Å². The van der Waals surface area contributed by atoms with E-state index in [4.69, 9.17) is 4.74 Å². The van der Waals surface area contributed by atoms with E-state index in [1.54, 1.807) is 12.3 Å². The summed E-state index contributed by atoms with van der Waals surface area (Å²) in [5, 5.41) is 7.53. The zero-order valence-electron chi connectivity index (χ0n) is 14.5. The highest BCUT2D eigenvalue weighted by Crippen LogP contribution is 2.26. The van der Waals surface area contributed by atoms with E-state index in [9.17, 15) is 8.78 Å². The number of alkyl halides is 2. The van der Waals surface area contributed by atoms with Crippen LogP contribution in [0.3, 0.4) is 0 Å². The molecule has 1 aliphatic heterocycles. The monoisotopic (exact) mass is 351 g/mol. The molecule has 1 N–H and O–H groups in total. The molecule has 0 aliphatic carbocycles. The second-order valence-electron chi connectivity index (χ2n) is 6.36. The zero-order chi connectivity index (χ0) is 17.8. The highest BCUT2D eigenvalue weighted by atomic mass is 19.3. The Bertz CT molecular complexity index is 712. The minimum absolute atomic E-state index is 0.206. The van der Waals surface area contributed by atoms with E-state index in [1.165, 1.54) is 0 Å². The Morgan fingerprint density at radius 1 is 1.36 bits per heavy atom. The first-order valence-corrected chi connectivity index (χ1v) is 8.44. The average molecular weight is 351 g/mol. The van der Waals surface area contributed by atoms with Gasteiger partial charge >= 0.3 is 6.61 Å². The molecule has 0 saturated carbocycles. The van der Waals surface area contributed by atoms with Crippen LogP contribution in [-0.2, 0) is 17.8 Å². The summed E-state index contributed by atoms with van der Waals surface area (Å²) >= 11 is 0. The fourth-order valence-corrected chi connectivity index (χ4v) is 2.94. The summed E-state index contributed by atoms with van der Waals surface area (Å²) in [4.78, 5) is 0. The van der Waals surface area contributed by atoms with E-state index in [2.05, 4.69) is 15.2 Å². The van der Waals surface area contributed by atoms with E-state index in [0.717, 1.165) is 42.8 Å². The molecular formula is C18H23F2N3O2. The maximum absolute atomic E-state index is 12.6. The Hall–Kier alpha value is -2.15. The molecule has 1 saturated heterocycles. The van der Waals surface area contributed by atoms with Gasteiger partial charge in [-0.05, 0) is 43.9 Å². The maximum Gasteiger partial charge on any atom is 0.387 e. The van der Waals surface area contributed by atoms with Crippen molar-refractivity contribution in [2.45, 2.75) is 52.5 Å². The highest BCUT2D eigenvalue weighted by molar-refractivity contribution is 5.45. The van der Waals surface area contributed by atoms with Gasteiger partial charge in [0.1, 0.15) is 5.75 Å². The van der Waals surface area contributed by atoms with Crippen molar-refractivity contribution in [1.29, 1.82) is 0 Å². The minimum atomic E-state index is -2.84. The molecule has 0 radical (unpaired) electrons. The molecule has 2 aromatic rings. The normalized spacial score (nSPS) is 17.2. The van der Waals surface area contributed by atoms with E-state index in [1.807, 2.05) is 30.8 Å². The predicted molar refractivity (Wildman–Crippen MR) is 91.1 cm³/mol. The smallest absolute Gasteiger partial charge is 0.387 e. The third-order valence-corrected chi connectivity index (χ3v) is 4.42. The molecule has 25 heavy (non-hydrogen) atoms. The van der Waals surface area contributed by atoms with Gasteiger partial charge in [-0.3, -0.25) is 4.68 Å².